The van der Waals surface area contributed by atoms with E-state index < -0.39 is 0 Å². The minimum Gasteiger partial charge on any atom is -0.493 e. The van der Waals surface area contributed by atoms with Crippen molar-refractivity contribution in [2.75, 3.05) is 33.0 Å². The summed E-state index contributed by atoms with van der Waals surface area (Å²) in [6.07, 6.45) is 1.46. The molecule has 0 aliphatic carbocycles. The van der Waals surface area contributed by atoms with E-state index in [9.17, 15) is 4.39 Å². The Morgan fingerprint density at radius 2 is 1.53 bits per heavy atom. The van der Waals surface area contributed by atoms with Gasteiger partial charge in [-0.3, -0.25) is 0 Å². The lowest BCUT2D eigenvalue weighted by Gasteiger charge is -2.29. The molecule has 1 aliphatic heterocycles. The maximum Gasteiger partial charge on any atom is 0.204 e. The predicted octanol–water partition coefficient (Wildman–Crippen LogP) is 5.21. The first-order chi connectivity index (χ1) is 14.6. The smallest absolute Gasteiger partial charge is 0.204 e. The van der Waals surface area contributed by atoms with Gasteiger partial charge >= 0.3 is 0 Å². The first-order valence-electron chi connectivity index (χ1n) is 10.7. The Morgan fingerprint density at radius 1 is 0.867 bits per heavy atom. The third kappa shape index (κ3) is 4.91. The van der Waals surface area contributed by atoms with E-state index >= 15 is 0 Å². The zero-order valence-corrected chi connectivity index (χ0v) is 18.3. The Morgan fingerprint density at radius 3 is 2.20 bits per heavy atom. The first kappa shape index (κ1) is 22.1. The van der Waals surface area contributed by atoms with E-state index in [0.29, 0.717) is 56.7 Å². The molecule has 0 saturated heterocycles. The molecule has 5 nitrogen and oxygen atoms in total. The van der Waals surface area contributed by atoms with Crippen molar-refractivity contribution < 1.29 is 28.1 Å². The van der Waals surface area contributed by atoms with Crippen LogP contribution in [-0.2, 0) is 12.8 Å². The molecule has 0 aromatic heterocycles. The quantitative estimate of drug-likeness (QED) is 0.530. The molecule has 2 aromatic rings. The molecular formula is C24H31FO5. The summed E-state index contributed by atoms with van der Waals surface area (Å²) >= 11 is 0. The van der Waals surface area contributed by atoms with Crippen LogP contribution in [0.2, 0.25) is 0 Å². The molecule has 1 heterocycles. The van der Waals surface area contributed by atoms with Crippen LogP contribution < -0.4 is 23.7 Å². The van der Waals surface area contributed by atoms with Gasteiger partial charge in [-0.05, 0) is 58.2 Å². The zero-order valence-electron chi connectivity index (χ0n) is 18.3. The molecule has 0 bridgehead atoms. The van der Waals surface area contributed by atoms with Crippen LogP contribution in [0.25, 0.3) is 0 Å². The predicted molar refractivity (Wildman–Crippen MR) is 114 cm³/mol. The van der Waals surface area contributed by atoms with E-state index in [4.69, 9.17) is 23.7 Å². The molecule has 1 aliphatic rings. The summed E-state index contributed by atoms with van der Waals surface area (Å²) in [5.74, 6) is 2.85. The van der Waals surface area contributed by atoms with Gasteiger partial charge in [-0.25, -0.2) is 4.39 Å². The topological polar surface area (TPSA) is 46.2 Å². The van der Waals surface area contributed by atoms with Crippen molar-refractivity contribution in [2.45, 2.75) is 40.5 Å². The van der Waals surface area contributed by atoms with Gasteiger partial charge < -0.3 is 23.7 Å². The summed E-state index contributed by atoms with van der Waals surface area (Å²) in [7, 11) is 0. The van der Waals surface area contributed by atoms with Gasteiger partial charge in [0.15, 0.2) is 23.1 Å². The fourth-order valence-electron chi connectivity index (χ4n) is 3.76. The van der Waals surface area contributed by atoms with Crippen LogP contribution in [0.1, 0.15) is 38.8 Å². The minimum absolute atomic E-state index is 0.196. The maximum absolute atomic E-state index is 14.2. The van der Waals surface area contributed by atoms with Crippen LogP contribution in [-0.4, -0.2) is 33.0 Å². The van der Waals surface area contributed by atoms with Crippen LogP contribution in [0.4, 0.5) is 4.39 Å². The van der Waals surface area contributed by atoms with E-state index in [1.807, 2.05) is 39.8 Å². The van der Waals surface area contributed by atoms with Gasteiger partial charge in [0.1, 0.15) is 5.75 Å². The molecule has 0 N–H and O–H groups in total. The van der Waals surface area contributed by atoms with Crippen LogP contribution >= 0.6 is 0 Å². The number of ether oxygens (including phenoxy) is 5. The Hall–Kier alpha value is -2.63. The Kier molecular flexibility index (Phi) is 7.66. The van der Waals surface area contributed by atoms with Gasteiger partial charge in [0.05, 0.1) is 33.0 Å². The highest BCUT2D eigenvalue weighted by Crippen LogP contribution is 2.48. The average molecular weight is 419 g/mol. The number of rotatable bonds is 10. The Bertz CT molecular complexity index is 852. The van der Waals surface area contributed by atoms with Crippen molar-refractivity contribution in [1.82, 2.24) is 0 Å². The second-order valence-corrected chi connectivity index (χ2v) is 7.09. The summed E-state index contributed by atoms with van der Waals surface area (Å²) in [6, 6.07) is 7.04. The summed E-state index contributed by atoms with van der Waals surface area (Å²) < 4.78 is 43.2. The van der Waals surface area contributed by atoms with Crippen LogP contribution in [0.5, 0.6) is 28.7 Å². The van der Waals surface area contributed by atoms with E-state index in [2.05, 4.69) is 0 Å². The molecule has 3 rings (SSSR count). The van der Waals surface area contributed by atoms with E-state index in [-0.39, 0.29) is 17.5 Å². The molecule has 30 heavy (non-hydrogen) atoms. The highest BCUT2D eigenvalue weighted by Gasteiger charge is 2.29. The lowest BCUT2D eigenvalue weighted by Crippen LogP contribution is -2.24. The normalized spacial score (nSPS) is 15.2. The zero-order chi connectivity index (χ0) is 21.5. The van der Waals surface area contributed by atoms with Gasteiger partial charge in [-0.2, -0.15) is 0 Å². The highest BCUT2D eigenvalue weighted by atomic mass is 19.1. The minimum atomic E-state index is -0.332. The first-order valence-corrected chi connectivity index (χ1v) is 10.7. The van der Waals surface area contributed by atoms with Crippen LogP contribution in [0.3, 0.4) is 0 Å². The average Bonchev–Trinajstić information content (AvgIpc) is 2.73. The molecule has 0 spiro atoms. The second-order valence-electron chi connectivity index (χ2n) is 7.09. The Balaban J connectivity index is 1.86. The summed E-state index contributed by atoms with van der Waals surface area (Å²) in [6.45, 7) is 10.2. The molecule has 0 radical (unpaired) electrons. The molecule has 2 aromatic carbocycles. The van der Waals surface area contributed by atoms with Crippen molar-refractivity contribution in [1.29, 1.82) is 0 Å². The van der Waals surface area contributed by atoms with Gasteiger partial charge in [-0.1, -0.05) is 6.07 Å². The van der Waals surface area contributed by atoms with Gasteiger partial charge in [0.2, 0.25) is 5.75 Å². The van der Waals surface area contributed by atoms with Gasteiger partial charge in [-0.15, -0.1) is 0 Å². The fourth-order valence-corrected chi connectivity index (χ4v) is 3.76. The highest BCUT2D eigenvalue weighted by molar-refractivity contribution is 5.62. The van der Waals surface area contributed by atoms with Gasteiger partial charge in [0.25, 0.3) is 0 Å². The van der Waals surface area contributed by atoms with Crippen molar-refractivity contribution >= 4 is 0 Å². The van der Waals surface area contributed by atoms with Gasteiger partial charge in [0, 0.05) is 17.5 Å². The summed E-state index contributed by atoms with van der Waals surface area (Å²) in [5.41, 5.74) is 1.90. The summed E-state index contributed by atoms with van der Waals surface area (Å²) in [4.78, 5) is 0. The largest absolute Gasteiger partial charge is 0.493 e. The maximum atomic E-state index is 14.2. The molecule has 0 fully saturated rings. The number of hydrogen-bond donors (Lipinski definition) is 0. The molecule has 164 valence electrons. The Labute approximate surface area is 178 Å². The van der Waals surface area contributed by atoms with Crippen LogP contribution in [0.15, 0.2) is 24.3 Å². The van der Waals surface area contributed by atoms with Crippen molar-refractivity contribution in [2.24, 2.45) is 5.92 Å². The fraction of sp³-hybridized carbons (Fsp3) is 0.500. The van der Waals surface area contributed by atoms with E-state index in [1.54, 1.807) is 12.1 Å². The van der Waals surface area contributed by atoms with E-state index in [1.165, 1.54) is 0 Å². The molecule has 6 heteroatoms. The molecule has 1 unspecified atom stereocenters. The standard InChI is InChI=1S/C24H31FO5/c1-5-26-20-10-9-16(13-19(20)25)11-17-12-18-21(30-15-17)14-22(27-6-2)24(29-8-4)23(18)28-7-3/h9-10,13-14,17H,5-8,11-12,15H2,1-4H3. The van der Waals surface area contributed by atoms with E-state index in [0.717, 1.165) is 23.3 Å². The second kappa shape index (κ2) is 10.4. The van der Waals surface area contributed by atoms with Crippen LogP contribution in [0, 0.1) is 11.7 Å². The SMILES string of the molecule is CCOc1ccc(CC2COc3cc(OCC)c(OCC)c(OCC)c3C2)cc1F. The molecular weight excluding hydrogens is 387 g/mol. The lowest BCUT2D eigenvalue weighted by atomic mass is 9.90. The number of benzene rings is 2. The molecule has 0 saturated carbocycles. The lowest BCUT2D eigenvalue weighted by molar-refractivity contribution is 0.206. The van der Waals surface area contributed by atoms with Crippen molar-refractivity contribution in [3.63, 3.8) is 0 Å². The number of hydrogen-bond acceptors (Lipinski definition) is 5. The third-order valence-electron chi connectivity index (χ3n) is 4.93. The summed E-state index contributed by atoms with van der Waals surface area (Å²) in [5, 5.41) is 0. The monoisotopic (exact) mass is 418 g/mol. The number of halogens is 1. The third-order valence-corrected chi connectivity index (χ3v) is 4.93. The van der Waals surface area contributed by atoms with Crippen molar-refractivity contribution in [3.8, 4) is 28.7 Å². The molecule has 1 atom stereocenters. The molecule has 0 amide bonds. The number of fused-ring (bicyclic) bond motifs is 1. The van der Waals surface area contributed by atoms with Crippen molar-refractivity contribution in [3.05, 3.63) is 41.2 Å².